The first-order valence-corrected chi connectivity index (χ1v) is 4.67. The van der Waals surface area contributed by atoms with Gasteiger partial charge in [-0.1, -0.05) is 16.4 Å². The fraction of sp³-hybridized carbons (Fsp3) is 0.167. The van der Waals surface area contributed by atoms with E-state index >= 15 is 0 Å². The molecule has 2 heterocycles. The number of hydrogen-bond acceptors (Lipinski definition) is 8. The first-order chi connectivity index (χ1) is 7.15. The number of hydrogen-bond donors (Lipinski definition) is 2. The minimum atomic E-state index is -0.479. The van der Waals surface area contributed by atoms with Gasteiger partial charge in [0.25, 0.3) is 5.91 Å². The van der Waals surface area contributed by atoms with E-state index in [9.17, 15) is 4.79 Å². The zero-order chi connectivity index (χ0) is 10.8. The van der Waals surface area contributed by atoms with Crippen molar-refractivity contribution in [2.75, 3.05) is 11.1 Å². The van der Waals surface area contributed by atoms with Gasteiger partial charge in [-0.2, -0.15) is 0 Å². The Morgan fingerprint density at radius 1 is 1.40 bits per heavy atom. The van der Waals surface area contributed by atoms with Crippen LogP contribution in [0.5, 0.6) is 0 Å². The Hall–Kier alpha value is -2.03. The van der Waals surface area contributed by atoms with Crippen molar-refractivity contribution >= 4 is 28.4 Å². The first-order valence-electron chi connectivity index (χ1n) is 3.85. The smallest absolute Gasteiger partial charge is 0.322 e. The van der Waals surface area contributed by atoms with Crippen molar-refractivity contribution in [3.05, 3.63) is 10.9 Å². The molecule has 2 aromatic rings. The maximum absolute atomic E-state index is 11.5. The van der Waals surface area contributed by atoms with Crippen LogP contribution in [0, 0.1) is 6.92 Å². The highest BCUT2D eigenvalue weighted by atomic mass is 32.1. The van der Waals surface area contributed by atoms with E-state index < -0.39 is 5.91 Å². The fourth-order valence-corrected chi connectivity index (χ4v) is 1.33. The van der Waals surface area contributed by atoms with Gasteiger partial charge in [-0.05, 0) is 0 Å². The largest absolute Gasteiger partial charge is 0.408 e. The first kappa shape index (κ1) is 9.52. The van der Waals surface area contributed by atoms with Gasteiger partial charge in [0.15, 0.2) is 0 Å². The van der Waals surface area contributed by atoms with Gasteiger partial charge in [-0.15, -0.1) is 15.3 Å². The Labute approximate surface area is 87.5 Å². The quantitative estimate of drug-likeness (QED) is 0.742. The second kappa shape index (κ2) is 3.61. The molecule has 0 saturated heterocycles. The molecule has 0 aromatic carbocycles. The zero-order valence-corrected chi connectivity index (χ0v) is 8.41. The summed E-state index contributed by atoms with van der Waals surface area (Å²) in [7, 11) is 0. The van der Waals surface area contributed by atoms with Crippen LogP contribution in [0.25, 0.3) is 0 Å². The lowest BCUT2D eigenvalue weighted by molar-refractivity contribution is 0.102. The van der Waals surface area contributed by atoms with Crippen molar-refractivity contribution in [1.29, 1.82) is 0 Å². The summed E-state index contributed by atoms with van der Waals surface area (Å²) in [6, 6.07) is 0.0197. The summed E-state index contributed by atoms with van der Waals surface area (Å²) in [6.45, 7) is 1.62. The third-order valence-electron chi connectivity index (χ3n) is 1.38. The highest BCUT2D eigenvalue weighted by molar-refractivity contribution is 7.16. The Morgan fingerprint density at radius 3 is 2.73 bits per heavy atom. The van der Waals surface area contributed by atoms with Gasteiger partial charge >= 0.3 is 6.01 Å². The van der Waals surface area contributed by atoms with Gasteiger partial charge in [-0.3, -0.25) is 10.1 Å². The fourth-order valence-electron chi connectivity index (χ4n) is 0.824. The van der Waals surface area contributed by atoms with E-state index in [1.54, 1.807) is 6.92 Å². The number of nitrogens with one attached hydrogen (secondary N) is 1. The summed E-state index contributed by atoms with van der Waals surface area (Å²) in [5, 5.41) is 16.9. The normalized spacial score (nSPS) is 10.2. The lowest BCUT2D eigenvalue weighted by Gasteiger charge is -1.93. The topological polar surface area (TPSA) is 120 Å². The molecular formula is C6H6N6O2S. The van der Waals surface area contributed by atoms with E-state index in [0.29, 0.717) is 5.89 Å². The lowest BCUT2D eigenvalue weighted by Crippen LogP contribution is -2.11. The van der Waals surface area contributed by atoms with Crippen molar-refractivity contribution in [3.8, 4) is 0 Å². The highest BCUT2D eigenvalue weighted by Gasteiger charge is 2.14. The van der Waals surface area contributed by atoms with Gasteiger partial charge in [0.1, 0.15) is 0 Å². The van der Waals surface area contributed by atoms with Crippen LogP contribution in [0.15, 0.2) is 4.42 Å². The number of anilines is 2. The molecule has 0 radical (unpaired) electrons. The molecule has 0 unspecified atom stereocenters. The summed E-state index contributed by atoms with van der Waals surface area (Å²) >= 11 is 0.976. The molecule has 0 saturated carbocycles. The molecular weight excluding hydrogens is 220 g/mol. The summed E-state index contributed by atoms with van der Waals surface area (Å²) in [4.78, 5) is 11.5. The number of aryl methyl sites for hydroxylation is 1. The van der Waals surface area contributed by atoms with Gasteiger partial charge in [0, 0.05) is 6.92 Å². The highest BCUT2D eigenvalue weighted by Crippen LogP contribution is 2.13. The minimum absolute atomic E-state index is 0.0197. The molecule has 1 amide bonds. The molecule has 3 N–H and O–H groups in total. The molecule has 0 atom stereocenters. The average molecular weight is 226 g/mol. The van der Waals surface area contributed by atoms with Crippen LogP contribution in [-0.4, -0.2) is 26.3 Å². The van der Waals surface area contributed by atoms with E-state index in [0.717, 1.165) is 11.3 Å². The number of amides is 1. The van der Waals surface area contributed by atoms with Crippen molar-refractivity contribution in [1.82, 2.24) is 20.4 Å². The van der Waals surface area contributed by atoms with Gasteiger partial charge in [0.05, 0.1) is 0 Å². The van der Waals surface area contributed by atoms with E-state index in [2.05, 4.69) is 25.7 Å². The van der Waals surface area contributed by atoms with E-state index in [-0.39, 0.29) is 16.2 Å². The Bertz CT molecular complexity index is 491. The molecule has 9 heteroatoms. The zero-order valence-electron chi connectivity index (χ0n) is 7.59. The van der Waals surface area contributed by atoms with Gasteiger partial charge in [-0.25, -0.2) is 0 Å². The second-order valence-electron chi connectivity index (χ2n) is 2.53. The molecule has 0 spiro atoms. The number of nitrogen functional groups attached to an aromatic ring is 1. The molecule has 0 aliphatic heterocycles. The van der Waals surface area contributed by atoms with Crippen molar-refractivity contribution < 1.29 is 9.21 Å². The molecule has 15 heavy (non-hydrogen) atoms. The maximum atomic E-state index is 11.5. The standard InChI is InChI=1S/C6H6N6O2S/c1-2-9-12-6(14-2)8-3(13)4-10-11-5(7)15-4/h1H3,(H2,7,11)(H,8,12,13). The SMILES string of the molecule is Cc1nnc(NC(=O)c2nnc(N)s2)o1. The van der Waals surface area contributed by atoms with Crippen molar-refractivity contribution in [2.45, 2.75) is 6.92 Å². The molecule has 78 valence electrons. The van der Waals surface area contributed by atoms with E-state index in [4.69, 9.17) is 10.2 Å². The molecule has 2 rings (SSSR count). The summed E-state index contributed by atoms with van der Waals surface area (Å²) in [5.74, 6) is -0.116. The third-order valence-corrected chi connectivity index (χ3v) is 2.13. The Balaban J connectivity index is 2.10. The van der Waals surface area contributed by atoms with Crippen LogP contribution in [0.2, 0.25) is 0 Å². The molecule has 0 fully saturated rings. The minimum Gasteiger partial charge on any atom is -0.408 e. The van der Waals surface area contributed by atoms with Crippen LogP contribution in [0.1, 0.15) is 15.7 Å². The number of carbonyl (C=O) groups excluding carboxylic acids is 1. The molecule has 0 bridgehead atoms. The summed E-state index contributed by atoms with van der Waals surface area (Å²) < 4.78 is 4.95. The molecule has 0 aliphatic carbocycles. The van der Waals surface area contributed by atoms with Crippen LogP contribution < -0.4 is 11.1 Å². The predicted molar refractivity (Wildman–Crippen MR) is 51.3 cm³/mol. The van der Waals surface area contributed by atoms with E-state index in [1.165, 1.54) is 0 Å². The van der Waals surface area contributed by atoms with Crippen LogP contribution in [0.3, 0.4) is 0 Å². The number of aromatic nitrogens is 4. The lowest BCUT2D eigenvalue weighted by atomic mass is 10.6. The number of carbonyl (C=O) groups is 1. The third kappa shape index (κ3) is 2.07. The van der Waals surface area contributed by atoms with Crippen LogP contribution >= 0.6 is 11.3 Å². The molecule has 0 aliphatic rings. The number of nitrogens with zero attached hydrogens (tertiary/aromatic N) is 4. The van der Waals surface area contributed by atoms with Gasteiger partial charge < -0.3 is 10.2 Å². The molecule has 2 aromatic heterocycles. The van der Waals surface area contributed by atoms with Gasteiger partial charge in [0.2, 0.25) is 16.0 Å². The number of rotatable bonds is 2. The van der Waals surface area contributed by atoms with Crippen molar-refractivity contribution in [3.63, 3.8) is 0 Å². The predicted octanol–water partition coefficient (Wildman–Crippen LogP) is 0.0640. The Kier molecular flexibility index (Phi) is 2.29. The summed E-state index contributed by atoms with van der Waals surface area (Å²) in [5.41, 5.74) is 5.33. The average Bonchev–Trinajstić information content (AvgIpc) is 2.75. The molecule has 8 nitrogen and oxygen atoms in total. The van der Waals surface area contributed by atoms with Crippen LogP contribution in [-0.2, 0) is 0 Å². The Morgan fingerprint density at radius 2 is 2.20 bits per heavy atom. The summed E-state index contributed by atoms with van der Waals surface area (Å²) in [6.07, 6.45) is 0. The second-order valence-corrected chi connectivity index (χ2v) is 3.53. The number of nitrogens with two attached hydrogens (primary N) is 1. The van der Waals surface area contributed by atoms with E-state index in [1.807, 2.05) is 0 Å². The maximum Gasteiger partial charge on any atom is 0.322 e. The van der Waals surface area contributed by atoms with Crippen molar-refractivity contribution in [2.24, 2.45) is 0 Å². The monoisotopic (exact) mass is 226 g/mol. The van der Waals surface area contributed by atoms with Crippen LogP contribution in [0.4, 0.5) is 11.1 Å².